The quantitative estimate of drug-likeness (QED) is 0.216. The minimum absolute atomic E-state index is 0.0235. The van der Waals surface area contributed by atoms with Crippen molar-refractivity contribution in [2.75, 3.05) is 44.4 Å². The maximum Gasteiger partial charge on any atom is 0.254 e. The summed E-state index contributed by atoms with van der Waals surface area (Å²) < 4.78 is 23.7. The standard InChI is InChI=1S/C35H41ClN2O6/c1-5-41-30-14-11-23(19-31(30)42-6-2)18-28-26-22-33(44-8-4)32(43-7-3)21-24(26)15-17-38(28)35(40)25-12-13-27(36)29(20-25)37-16-9-10-34(37)39/h11-14,19-22,28H,5-10,15-18H2,1-4H3. The van der Waals surface area contributed by atoms with Crippen molar-refractivity contribution in [2.24, 2.45) is 0 Å². The van der Waals surface area contributed by atoms with Gasteiger partial charge in [-0.2, -0.15) is 0 Å². The van der Waals surface area contributed by atoms with Gasteiger partial charge >= 0.3 is 0 Å². The first-order valence-corrected chi connectivity index (χ1v) is 16.0. The molecule has 3 aromatic rings. The van der Waals surface area contributed by atoms with E-state index in [4.69, 9.17) is 30.5 Å². The SMILES string of the molecule is CCOc1ccc(CC2c3cc(OCC)c(OCC)cc3CCN2C(=O)c2ccc(Cl)c(N3CCCC3=O)c2)cc1OCC. The van der Waals surface area contributed by atoms with E-state index in [1.54, 1.807) is 23.1 Å². The Morgan fingerprint density at radius 2 is 1.45 bits per heavy atom. The molecule has 0 N–H and O–H groups in total. The summed E-state index contributed by atoms with van der Waals surface area (Å²) in [7, 11) is 0. The van der Waals surface area contributed by atoms with E-state index in [1.165, 1.54) is 0 Å². The van der Waals surface area contributed by atoms with Gasteiger partial charge in [0.15, 0.2) is 23.0 Å². The van der Waals surface area contributed by atoms with Crippen LogP contribution in [0.2, 0.25) is 5.02 Å². The third-order valence-electron chi connectivity index (χ3n) is 8.02. The molecule has 0 bridgehead atoms. The zero-order valence-electron chi connectivity index (χ0n) is 26.0. The summed E-state index contributed by atoms with van der Waals surface area (Å²) in [5, 5.41) is 0.458. The van der Waals surface area contributed by atoms with Crippen molar-refractivity contribution in [3.05, 3.63) is 75.8 Å². The fraction of sp³-hybridized carbons (Fsp3) is 0.429. The van der Waals surface area contributed by atoms with Crippen molar-refractivity contribution < 1.29 is 28.5 Å². The van der Waals surface area contributed by atoms with Gasteiger partial charge in [-0.25, -0.2) is 0 Å². The largest absolute Gasteiger partial charge is 0.490 e. The first kappa shape index (κ1) is 31.5. The number of hydrogen-bond donors (Lipinski definition) is 0. The van der Waals surface area contributed by atoms with Gasteiger partial charge in [-0.1, -0.05) is 17.7 Å². The second-order valence-corrected chi connectivity index (χ2v) is 11.2. The number of halogens is 1. The Kier molecular flexibility index (Phi) is 10.2. The number of ether oxygens (including phenoxy) is 4. The molecule has 1 atom stereocenters. The lowest BCUT2D eigenvalue weighted by Gasteiger charge is -2.38. The first-order chi connectivity index (χ1) is 21.4. The van der Waals surface area contributed by atoms with Crippen LogP contribution in [0.3, 0.4) is 0 Å². The minimum Gasteiger partial charge on any atom is -0.490 e. The predicted molar refractivity (Wildman–Crippen MR) is 172 cm³/mol. The third-order valence-corrected chi connectivity index (χ3v) is 8.34. The molecule has 0 saturated carbocycles. The van der Waals surface area contributed by atoms with Crippen LogP contribution < -0.4 is 23.8 Å². The highest BCUT2D eigenvalue weighted by atomic mass is 35.5. The summed E-state index contributed by atoms with van der Waals surface area (Å²) in [6.45, 7) is 11.0. The number of benzene rings is 3. The Hall–Kier alpha value is -3.91. The third kappa shape index (κ3) is 6.60. The number of anilines is 1. The van der Waals surface area contributed by atoms with Crippen molar-refractivity contribution in [1.29, 1.82) is 0 Å². The first-order valence-electron chi connectivity index (χ1n) is 15.6. The fourth-order valence-electron chi connectivity index (χ4n) is 6.08. The fourth-order valence-corrected chi connectivity index (χ4v) is 6.30. The number of fused-ring (bicyclic) bond motifs is 1. The highest BCUT2D eigenvalue weighted by Crippen LogP contribution is 2.42. The Balaban J connectivity index is 1.56. The summed E-state index contributed by atoms with van der Waals surface area (Å²) in [6.07, 6.45) is 2.48. The van der Waals surface area contributed by atoms with Crippen molar-refractivity contribution in [3.63, 3.8) is 0 Å². The molecule has 44 heavy (non-hydrogen) atoms. The van der Waals surface area contributed by atoms with Crippen LogP contribution in [0.4, 0.5) is 5.69 Å². The van der Waals surface area contributed by atoms with Gasteiger partial charge in [0.1, 0.15) is 0 Å². The van der Waals surface area contributed by atoms with Gasteiger partial charge in [-0.15, -0.1) is 0 Å². The molecule has 9 heteroatoms. The molecule has 0 spiro atoms. The Morgan fingerprint density at radius 1 is 0.795 bits per heavy atom. The number of rotatable bonds is 12. The summed E-state index contributed by atoms with van der Waals surface area (Å²) in [5.41, 5.74) is 4.24. The van der Waals surface area contributed by atoms with Gasteiger partial charge in [0, 0.05) is 25.1 Å². The van der Waals surface area contributed by atoms with E-state index in [0.29, 0.717) is 98.1 Å². The lowest BCUT2D eigenvalue weighted by Crippen LogP contribution is -2.41. The summed E-state index contributed by atoms with van der Waals surface area (Å²) >= 11 is 6.53. The smallest absolute Gasteiger partial charge is 0.254 e. The van der Waals surface area contributed by atoms with Crippen LogP contribution in [0.25, 0.3) is 0 Å². The van der Waals surface area contributed by atoms with Gasteiger partial charge in [-0.05, 0) is 106 Å². The molecule has 8 nitrogen and oxygen atoms in total. The molecule has 2 aliphatic rings. The second-order valence-electron chi connectivity index (χ2n) is 10.8. The number of nitrogens with zero attached hydrogens (tertiary/aromatic N) is 2. The topological polar surface area (TPSA) is 77.5 Å². The molecular formula is C35H41ClN2O6. The zero-order chi connectivity index (χ0) is 31.2. The van der Waals surface area contributed by atoms with E-state index in [0.717, 1.165) is 23.1 Å². The minimum atomic E-state index is -0.291. The molecule has 0 aromatic heterocycles. The molecule has 0 aliphatic carbocycles. The van der Waals surface area contributed by atoms with Crippen LogP contribution in [0, 0.1) is 0 Å². The van der Waals surface area contributed by atoms with Gasteiger partial charge < -0.3 is 28.7 Å². The monoisotopic (exact) mass is 620 g/mol. The lowest BCUT2D eigenvalue weighted by atomic mass is 9.87. The molecule has 5 rings (SSSR count). The Morgan fingerprint density at radius 3 is 2.11 bits per heavy atom. The molecular weight excluding hydrogens is 580 g/mol. The Labute approximate surface area is 264 Å². The summed E-state index contributed by atoms with van der Waals surface area (Å²) in [4.78, 5) is 30.5. The molecule has 3 aromatic carbocycles. The van der Waals surface area contributed by atoms with E-state index in [1.807, 2.05) is 56.9 Å². The van der Waals surface area contributed by atoms with Crippen molar-refractivity contribution >= 4 is 29.1 Å². The number of amides is 2. The van der Waals surface area contributed by atoms with Crippen LogP contribution in [0.15, 0.2) is 48.5 Å². The van der Waals surface area contributed by atoms with E-state index in [-0.39, 0.29) is 17.9 Å². The van der Waals surface area contributed by atoms with E-state index >= 15 is 0 Å². The Bertz CT molecular complexity index is 1510. The molecule has 1 fully saturated rings. The van der Waals surface area contributed by atoms with Gasteiger partial charge in [0.25, 0.3) is 5.91 Å². The molecule has 1 unspecified atom stereocenters. The summed E-state index contributed by atoms with van der Waals surface area (Å²) in [5.74, 6) is 2.66. The van der Waals surface area contributed by atoms with Gasteiger partial charge in [0.05, 0.1) is 43.2 Å². The average Bonchev–Trinajstić information content (AvgIpc) is 3.45. The van der Waals surface area contributed by atoms with E-state index in [9.17, 15) is 9.59 Å². The predicted octanol–water partition coefficient (Wildman–Crippen LogP) is 7.04. The molecule has 2 aliphatic heterocycles. The van der Waals surface area contributed by atoms with Gasteiger partial charge in [0.2, 0.25) is 5.91 Å². The molecule has 234 valence electrons. The normalized spacial score (nSPS) is 16.1. The molecule has 2 heterocycles. The number of hydrogen-bond acceptors (Lipinski definition) is 6. The van der Waals surface area contributed by atoms with E-state index < -0.39 is 0 Å². The highest BCUT2D eigenvalue weighted by Gasteiger charge is 2.34. The number of carbonyl (C=O) groups excluding carboxylic acids is 2. The lowest BCUT2D eigenvalue weighted by molar-refractivity contribution is -0.117. The van der Waals surface area contributed by atoms with Crippen LogP contribution >= 0.6 is 11.6 Å². The second kappa shape index (κ2) is 14.2. The van der Waals surface area contributed by atoms with Crippen LogP contribution in [0.1, 0.15) is 73.6 Å². The van der Waals surface area contributed by atoms with Crippen molar-refractivity contribution in [2.45, 2.75) is 59.4 Å². The number of carbonyl (C=O) groups is 2. The maximum atomic E-state index is 14.3. The van der Waals surface area contributed by atoms with Crippen LogP contribution in [-0.4, -0.2) is 56.2 Å². The average molecular weight is 621 g/mol. The van der Waals surface area contributed by atoms with Crippen molar-refractivity contribution in [3.8, 4) is 23.0 Å². The van der Waals surface area contributed by atoms with Crippen LogP contribution in [-0.2, 0) is 17.6 Å². The van der Waals surface area contributed by atoms with Crippen molar-refractivity contribution in [1.82, 2.24) is 4.90 Å². The highest BCUT2D eigenvalue weighted by molar-refractivity contribution is 6.34. The molecule has 2 amide bonds. The zero-order valence-corrected chi connectivity index (χ0v) is 26.7. The van der Waals surface area contributed by atoms with Crippen LogP contribution in [0.5, 0.6) is 23.0 Å². The summed E-state index contributed by atoms with van der Waals surface area (Å²) in [6, 6.07) is 15.0. The molecule has 0 radical (unpaired) electrons. The van der Waals surface area contributed by atoms with Gasteiger partial charge in [-0.3, -0.25) is 9.59 Å². The van der Waals surface area contributed by atoms with E-state index in [2.05, 4.69) is 6.07 Å². The maximum absolute atomic E-state index is 14.3. The molecule has 1 saturated heterocycles.